The zero-order valence-electron chi connectivity index (χ0n) is 12.2. The summed E-state index contributed by atoms with van der Waals surface area (Å²) in [4.78, 5) is 12.1. The lowest BCUT2D eigenvalue weighted by Crippen LogP contribution is -2.26. The molecule has 0 aliphatic heterocycles. The Bertz CT molecular complexity index is 430. The first-order chi connectivity index (χ1) is 9.81. The second kappa shape index (κ2) is 7.90. The van der Waals surface area contributed by atoms with E-state index in [1.54, 1.807) is 0 Å². The van der Waals surface area contributed by atoms with Gasteiger partial charge in [-0.25, -0.2) is 0 Å². The van der Waals surface area contributed by atoms with Gasteiger partial charge in [0.15, 0.2) is 0 Å². The second-order valence-corrected chi connectivity index (χ2v) is 5.20. The molecule has 1 aromatic carbocycles. The lowest BCUT2D eigenvalue weighted by Gasteiger charge is -2.11. The highest BCUT2D eigenvalue weighted by atomic mass is 16.5. The van der Waals surface area contributed by atoms with E-state index in [0.717, 1.165) is 37.8 Å². The van der Waals surface area contributed by atoms with Crippen LogP contribution in [0.3, 0.4) is 0 Å². The molecule has 0 spiro atoms. The second-order valence-electron chi connectivity index (χ2n) is 5.20. The van der Waals surface area contributed by atoms with E-state index in [0.29, 0.717) is 12.1 Å². The van der Waals surface area contributed by atoms with Gasteiger partial charge in [-0.05, 0) is 44.2 Å². The van der Waals surface area contributed by atoms with Crippen molar-refractivity contribution in [1.82, 2.24) is 5.32 Å². The predicted molar refractivity (Wildman–Crippen MR) is 81.1 cm³/mol. The summed E-state index contributed by atoms with van der Waals surface area (Å²) in [7, 11) is 0. The van der Waals surface area contributed by atoms with Crippen molar-refractivity contribution in [2.45, 2.75) is 26.2 Å². The van der Waals surface area contributed by atoms with E-state index in [4.69, 9.17) is 4.74 Å². The van der Waals surface area contributed by atoms with Gasteiger partial charge >= 0.3 is 0 Å². The zero-order valence-corrected chi connectivity index (χ0v) is 12.2. The Kier molecular flexibility index (Phi) is 5.87. The SMILES string of the molecule is CCNc1ccccc1C(=O)NCCCOCC1CC1. The van der Waals surface area contributed by atoms with Crippen LogP contribution >= 0.6 is 0 Å². The van der Waals surface area contributed by atoms with Gasteiger partial charge in [0, 0.05) is 32.0 Å². The number of hydrogen-bond donors (Lipinski definition) is 2. The van der Waals surface area contributed by atoms with Crippen molar-refractivity contribution >= 4 is 11.6 Å². The van der Waals surface area contributed by atoms with Crippen molar-refractivity contribution in [2.24, 2.45) is 5.92 Å². The number of carbonyl (C=O) groups excluding carboxylic acids is 1. The third kappa shape index (κ3) is 4.85. The van der Waals surface area contributed by atoms with Crippen molar-refractivity contribution in [3.63, 3.8) is 0 Å². The van der Waals surface area contributed by atoms with Gasteiger partial charge in [0.05, 0.1) is 5.56 Å². The Morgan fingerprint density at radius 1 is 1.35 bits per heavy atom. The Balaban J connectivity index is 1.67. The smallest absolute Gasteiger partial charge is 0.253 e. The third-order valence-corrected chi connectivity index (χ3v) is 3.34. The van der Waals surface area contributed by atoms with Crippen LogP contribution in [0.5, 0.6) is 0 Å². The fourth-order valence-electron chi connectivity index (χ4n) is 2.03. The van der Waals surface area contributed by atoms with Gasteiger partial charge < -0.3 is 15.4 Å². The molecule has 4 nitrogen and oxygen atoms in total. The monoisotopic (exact) mass is 276 g/mol. The van der Waals surface area contributed by atoms with Crippen LogP contribution < -0.4 is 10.6 Å². The highest BCUT2D eigenvalue weighted by Crippen LogP contribution is 2.28. The van der Waals surface area contributed by atoms with Crippen molar-refractivity contribution in [3.8, 4) is 0 Å². The Labute approximate surface area is 120 Å². The maximum absolute atomic E-state index is 12.1. The van der Waals surface area contributed by atoms with E-state index < -0.39 is 0 Å². The molecule has 0 atom stereocenters. The van der Waals surface area contributed by atoms with E-state index in [2.05, 4.69) is 10.6 Å². The molecule has 1 saturated carbocycles. The first-order valence-electron chi connectivity index (χ1n) is 7.50. The molecule has 0 radical (unpaired) electrons. The van der Waals surface area contributed by atoms with Crippen LogP contribution in [-0.4, -0.2) is 32.2 Å². The summed E-state index contributed by atoms with van der Waals surface area (Å²) in [5.41, 5.74) is 1.59. The Morgan fingerprint density at radius 2 is 2.15 bits per heavy atom. The van der Waals surface area contributed by atoms with Gasteiger partial charge in [0.25, 0.3) is 5.91 Å². The van der Waals surface area contributed by atoms with Crippen molar-refractivity contribution in [2.75, 3.05) is 31.6 Å². The minimum Gasteiger partial charge on any atom is -0.385 e. The van der Waals surface area contributed by atoms with Crippen molar-refractivity contribution in [3.05, 3.63) is 29.8 Å². The van der Waals surface area contributed by atoms with Crippen LogP contribution in [0.1, 0.15) is 36.5 Å². The number of benzene rings is 1. The van der Waals surface area contributed by atoms with Crippen LogP contribution in [0.15, 0.2) is 24.3 Å². The summed E-state index contributed by atoms with van der Waals surface area (Å²) < 4.78 is 5.54. The molecule has 2 rings (SSSR count). The molecule has 0 bridgehead atoms. The predicted octanol–water partition coefficient (Wildman–Crippen LogP) is 2.66. The molecular formula is C16H24N2O2. The standard InChI is InChI=1S/C16H24N2O2/c1-2-17-15-7-4-3-6-14(15)16(19)18-10-5-11-20-12-13-8-9-13/h3-4,6-7,13,17H,2,5,8-12H2,1H3,(H,18,19). The molecule has 1 fully saturated rings. The van der Waals surface area contributed by atoms with Crippen LogP contribution in [0, 0.1) is 5.92 Å². The molecule has 2 N–H and O–H groups in total. The number of rotatable bonds is 9. The summed E-state index contributed by atoms with van der Waals surface area (Å²) in [6, 6.07) is 7.59. The molecule has 110 valence electrons. The van der Waals surface area contributed by atoms with Gasteiger partial charge in [-0.15, -0.1) is 0 Å². The molecule has 4 heteroatoms. The maximum atomic E-state index is 12.1. The minimum atomic E-state index is -0.0243. The number of amides is 1. The lowest BCUT2D eigenvalue weighted by molar-refractivity contribution is 0.0938. The quantitative estimate of drug-likeness (QED) is 0.682. The molecular weight excluding hydrogens is 252 g/mol. The Hall–Kier alpha value is -1.55. The van der Waals surface area contributed by atoms with Crippen LogP contribution in [-0.2, 0) is 4.74 Å². The minimum absolute atomic E-state index is 0.0243. The molecule has 1 aromatic rings. The summed E-state index contributed by atoms with van der Waals surface area (Å²) in [5, 5.41) is 6.14. The summed E-state index contributed by atoms with van der Waals surface area (Å²) >= 11 is 0. The number of ether oxygens (including phenoxy) is 1. The van der Waals surface area contributed by atoms with E-state index >= 15 is 0 Å². The van der Waals surface area contributed by atoms with Crippen LogP contribution in [0.25, 0.3) is 0 Å². The molecule has 1 amide bonds. The van der Waals surface area contributed by atoms with Gasteiger partial charge in [-0.1, -0.05) is 12.1 Å². The Morgan fingerprint density at radius 3 is 2.90 bits per heavy atom. The molecule has 20 heavy (non-hydrogen) atoms. The lowest BCUT2D eigenvalue weighted by atomic mass is 10.1. The molecule has 0 heterocycles. The number of anilines is 1. The third-order valence-electron chi connectivity index (χ3n) is 3.34. The first kappa shape index (κ1) is 14.9. The fraction of sp³-hybridized carbons (Fsp3) is 0.562. The van der Waals surface area contributed by atoms with Gasteiger partial charge in [0.2, 0.25) is 0 Å². The van der Waals surface area contributed by atoms with Crippen molar-refractivity contribution < 1.29 is 9.53 Å². The van der Waals surface area contributed by atoms with Gasteiger partial charge in [-0.3, -0.25) is 4.79 Å². The number of hydrogen-bond acceptors (Lipinski definition) is 3. The summed E-state index contributed by atoms with van der Waals surface area (Å²) in [5.74, 6) is 0.778. The van der Waals surface area contributed by atoms with Gasteiger partial charge in [-0.2, -0.15) is 0 Å². The largest absolute Gasteiger partial charge is 0.385 e. The first-order valence-corrected chi connectivity index (χ1v) is 7.50. The van der Waals surface area contributed by atoms with E-state index in [1.807, 2.05) is 31.2 Å². The topological polar surface area (TPSA) is 50.4 Å². The molecule has 0 aromatic heterocycles. The molecule has 0 unspecified atom stereocenters. The molecule has 0 saturated heterocycles. The van der Waals surface area contributed by atoms with Crippen LogP contribution in [0.2, 0.25) is 0 Å². The van der Waals surface area contributed by atoms with Crippen LogP contribution in [0.4, 0.5) is 5.69 Å². The molecule has 1 aliphatic rings. The number of carbonyl (C=O) groups is 1. The zero-order chi connectivity index (χ0) is 14.2. The maximum Gasteiger partial charge on any atom is 0.253 e. The van der Waals surface area contributed by atoms with Crippen molar-refractivity contribution in [1.29, 1.82) is 0 Å². The highest BCUT2D eigenvalue weighted by Gasteiger charge is 2.20. The molecule has 1 aliphatic carbocycles. The highest BCUT2D eigenvalue weighted by molar-refractivity contribution is 5.99. The normalized spacial score (nSPS) is 14.1. The summed E-state index contributed by atoms with van der Waals surface area (Å²) in [6.45, 7) is 5.10. The number of para-hydroxylation sites is 1. The average molecular weight is 276 g/mol. The number of nitrogens with one attached hydrogen (secondary N) is 2. The average Bonchev–Trinajstić information content (AvgIpc) is 3.27. The van der Waals surface area contributed by atoms with Gasteiger partial charge in [0.1, 0.15) is 0 Å². The summed E-state index contributed by atoms with van der Waals surface area (Å²) in [6.07, 6.45) is 3.50. The van der Waals surface area contributed by atoms with E-state index in [9.17, 15) is 4.79 Å². The fourth-order valence-corrected chi connectivity index (χ4v) is 2.03. The van der Waals surface area contributed by atoms with E-state index in [1.165, 1.54) is 12.8 Å². The van der Waals surface area contributed by atoms with E-state index in [-0.39, 0.29) is 5.91 Å².